The van der Waals surface area contributed by atoms with Crippen LogP contribution in [-0.4, -0.2) is 30.5 Å². The molecule has 1 saturated carbocycles. The predicted molar refractivity (Wildman–Crippen MR) is 77.0 cm³/mol. The van der Waals surface area contributed by atoms with Gasteiger partial charge in [0.2, 0.25) is 0 Å². The monoisotopic (exact) mass is 277 g/mol. The summed E-state index contributed by atoms with van der Waals surface area (Å²) in [6.45, 7) is 4.14. The van der Waals surface area contributed by atoms with Crippen LogP contribution in [0.15, 0.2) is 18.2 Å². The maximum Gasteiger partial charge on any atom is 0.161 e. The lowest BCUT2D eigenvalue weighted by atomic mass is 10.1. The molecule has 1 aromatic rings. The van der Waals surface area contributed by atoms with Crippen LogP contribution in [0.4, 0.5) is 0 Å². The minimum absolute atomic E-state index is 0.204. The Hall–Kier alpha value is -1.26. The lowest BCUT2D eigenvalue weighted by Crippen LogP contribution is -2.37. The molecule has 0 bridgehead atoms. The average molecular weight is 277 g/mol. The smallest absolute Gasteiger partial charge is 0.161 e. The van der Waals surface area contributed by atoms with E-state index < -0.39 is 0 Å². The standard InChI is InChI=1S/C16H23NO3/c1-2-19-15-9-11(3-6-14(15)18)10-17-13-7-8-20-16(13)12-4-5-12/h3,6,9,12-13,16-18H,2,4-5,7-8,10H2,1H3. The van der Waals surface area contributed by atoms with Crippen molar-refractivity contribution in [3.8, 4) is 11.5 Å². The maximum absolute atomic E-state index is 9.70. The fourth-order valence-corrected chi connectivity index (χ4v) is 2.91. The summed E-state index contributed by atoms with van der Waals surface area (Å²) in [6, 6.07) is 6.01. The molecule has 2 N–H and O–H groups in total. The number of benzene rings is 1. The van der Waals surface area contributed by atoms with Crippen molar-refractivity contribution in [2.75, 3.05) is 13.2 Å². The third-order valence-corrected chi connectivity index (χ3v) is 4.11. The number of aromatic hydroxyl groups is 1. The van der Waals surface area contributed by atoms with Gasteiger partial charge in [-0.3, -0.25) is 0 Å². The molecule has 110 valence electrons. The van der Waals surface area contributed by atoms with E-state index in [2.05, 4.69) is 5.32 Å². The van der Waals surface area contributed by atoms with Crippen LogP contribution in [0.2, 0.25) is 0 Å². The van der Waals surface area contributed by atoms with Crippen LogP contribution in [-0.2, 0) is 11.3 Å². The molecule has 20 heavy (non-hydrogen) atoms. The summed E-state index contributed by atoms with van der Waals surface area (Å²) in [5.74, 6) is 1.54. The van der Waals surface area contributed by atoms with Gasteiger partial charge < -0.3 is 19.9 Å². The van der Waals surface area contributed by atoms with E-state index in [1.54, 1.807) is 6.07 Å². The zero-order valence-electron chi connectivity index (χ0n) is 12.0. The number of hydrogen-bond acceptors (Lipinski definition) is 4. The Morgan fingerprint density at radius 1 is 1.35 bits per heavy atom. The van der Waals surface area contributed by atoms with Gasteiger partial charge in [0.05, 0.1) is 12.7 Å². The van der Waals surface area contributed by atoms with Crippen molar-refractivity contribution in [1.82, 2.24) is 5.32 Å². The van der Waals surface area contributed by atoms with Crippen molar-refractivity contribution in [3.63, 3.8) is 0 Å². The average Bonchev–Trinajstić information content (AvgIpc) is 3.19. The summed E-state index contributed by atoms with van der Waals surface area (Å²) in [5, 5.41) is 13.3. The first-order valence-corrected chi connectivity index (χ1v) is 7.57. The number of phenolic OH excluding ortho intramolecular Hbond substituents is 1. The van der Waals surface area contributed by atoms with Crippen LogP contribution in [0.3, 0.4) is 0 Å². The fraction of sp³-hybridized carbons (Fsp3) is 0.625. The molecule has 0 amide bonds. The number of ether oxygens (including phenoxy) is 2. The first kappa shape index (κ1) is 13.7. The van der Waals surface area contributed by atoms with Gasteiger partial charge in [-0.25, -0.2) is 0 Å². The Morgan fingerprint density at radius 2 is 2.20 bits per heavy atom. The summed E-state index contributed by atoms with van der Waals surface area (Å²) in [7, 11) is 0. The van der Waals surface area contributed by atoms with Crippen LogP contribution < -0.4 is 10.1 Å². The van der Waals surface area contributed by atoms with Gasteiger partial charge in [-0.1, -0.05) is 6.07 Å². The summed E-state index contributed by atoms with van der Waals surface area (Å²) < 4.78 is 11.2. The van der Waals surface area contributed by atoms with Gasteiger partial charge in [-0.15, -0.1) is 0 Å². The van der Waals surface area contributed by atoms with E-state index in [9.17, 15) is 5.11 Å². The van der Waals surface area contributed by atoms with Gasteiger partial charge in [0.15, 0.2) is 11.5 Å². The van der Waals surface area contributed by atoms with Gasteiger partial charge in [-0.05, 0) is 49.8 Å². The topological polar surface area (TPSA) is 50.7 Å². The zero-order chi connectivity index (χ0) is 13.9. The van der Waals surface area contributed by atoms with E-state index in [4.69, 9.17) is 9.47 Å². The van der Waals surface area contributed by atoms with Gasteiger partial charge in [0, 0.05) is 19.2 Å². The van der Waals surface area contributed by atoms with Crippen molar-refractivity contribution in [2.45, 2.75) is 44.9 Å². The summed E-state index contributed by atoms with van der Waals surface area (Å²) in [6.07, 6.45) is 4.13. The van der Waals surface area contributed by atoms with Gasteiger partial charge in [-0.2, -0.15) is 0 Å². The number of hydrogen-bond donors (Lipinski definition) is 2. The second-order valence-corrected chi connectivity index (χ2v) is 5.68. The summed E-state index contributed by atoms with van der Waals surface area (Å²) >= 11 is 0. The van der Waals surface area contributed by atoms with Crippen molar-refractivity contribution in [2.24, 2.45) is 5.92 Å². The number of rotatable bonds is 6. The van der Waals surface area contributed by atoms with Crippen molar-refractivity contribution < 1.29 is 14.6 Å². The molecule has 0 spiro atoms. The molecule has 4 nitrogen and oxygen atoms in total. The second kappa shape index (κ2) is 6.02. The molecule has 1 aromatic carbocycles. The lowest BCUT2D eigenvalue weighted by Gasteiger charge is -2.19. The Bertz CT molecular complexity index is 459. The molecule has 4 heteroatoms. The highest BCUT2D eigenvalue weighted by Crippen LogP contribution is 2.38. The van der Waals surface area contributed by atoms with Crippen molar-refractivity contribution >= 4 is 0 Å². The van der Waals surface area contributed by atoms with E-state index in [0.29, 0.717) is 24.5 Å². The second-order valence-electron chi connectivity index (χ2n) is 5.68. The molecule has 2 aliphatic rings. The predicted octanol–water partition coefficient (Wildman–Crippen LogP) is 2.45. The van der Waals surface area contributed by atoms with Crippen LogP contribution in [0.5, 0.6) is 11.5 Å². The van der Waals surface area contributed by atoms with Crippen molar-refractivity contribution in [3.05, 3.63) is 23.8 Å². The molecular weight excluding hydrogens is 254 g/mol. The highest BCUT2D eigenvalue weighted by molar-refractivity contribution is 5.41. The van der Waals surface area contributed by atoms with Crippen LogP contribution in [0.1, 0.15) is 31.7 Å². The van der Waals surface area contributed by atoms with Gasteiger partial charge in [0.25, 0.3) is 0 Å². The molecule has 1 heterocycles. The van der Waals surface area contributed by atoms with E-state index in [-0.39, 0.29) is 5.75 Å². The zero-order valence-corrected chi connectivity index (χ0v) is 12.0. The molecule has 2 atom stereocenters. The number of nitrogens with one attached hydrogen (secondary N) is 1. The van der Waals surface area contributed by atoms with Crippen LogP contribution in [0, 0.1) is 5.92 Å². The Balaban J connectivity index is 1.58. The quantitative estimate of drug-likeness (QED) is 0.838. The van der Waals surface area contributed by atoms with Gasteiger partial charge >= 0.3 is 0 Å². The Labute approximate surface area is 120 Å². The fourth-order valence-electron chi connectivity index (χ4n) is 2.91. The molecule has 0 aromatic heterocycles. The molecule has 1 aliphatic carbocycles. The molecule has 2 unspecified atom stereocenters. The highest BCUT2D eigenvalue weighted by Gasteiger charge is 2.40. The summed E-state index contributed by atoms with van der Waals surface area (Å²) in [4.78, 5) is 0. The lowest BCUT2D eigenvalue weighted by molar-refractivity contribution is 0.0809. The molecule has 2 fully saturated rings. The van der Waals surface area contributed by atoms with Crippen molar-refractivity contribution in [1.29, 1.82) is 0 Å². The highest BCUT2D eigenvalue weighted by atomic mass is 16.5. The first-order valence-electron chi connectivity index (χ1n) is 7.57. The number of phenols is 1. The van der Waals surface area contributed by atoms with E-state index >= 15 is 0 Å². The van der Waals surface area contributed by atoms with Crippen LogP contribution in [0.25, 0.3) is 0 Å². The van der Waals surface area contributed by atoms with E-state index in [1.807, 2.05) is 19.1 Å². The molecule has 3 rings (SSSR count). The Kier molecular flexibility index (Phi) is 4.13. The Morgan fingerprint density at radius 3 is 2.95 bits per heavy atom. The third kappa shape index (κ3) is 3.07. The maximum atomic E-state index is 9.70. The minimum Gasteiger partial charge on any atom is -0.504 e. The molecule has 0 radical (unpaired) electrons. The SMILES string of the molecule is CCOc1cc(CNC2CCOC2C2CC2)ccc1O. The largest absolute Gasteiger partial charge is 0.504 e. The van der Waals surface area contributed by atoms with E-state index in [0.717, 1.165) is 31.1 Å². The van der Waals surface area contributed by atoms with E-state index in [1.165, 1.54) is 12.8 Å². The summed E-state index contributed by atoms with van der Waals surface area (Å²) in [5.41, 5.74) is 1.13. The minimum atomic E-state index is 0.204. The third-order valence-electron chi connectivity index (χ3n) is 4.11. The molecule has 1 aliphatic heterocycles. The molecule has 1 saturated heterocycles. The van der Waals surface area contributed by atoms with Gasteiger partial charge in [0.1, 0.15) is 0 Å². The molecular formula is C16H23NO3. The normalized spacial score (nSPS) is 25.9. The van der Waals surface area contributed by atoms with Crippen LogP contribution >= 0.6 is 0 Å². The first-order chi connectivity index (χ1) is 9.78.